The van der Waals surface area contributed by atoms with E-state index < -0.39 is 10.0 Å². The quantitative estimate of drug-likeness (QED) is 0.698. The van der Waals surface area contributed by atoms with Crippen LogP contribution in [0, 0.1) is 0 Å². The van der Waals surface area contributed by atoms with Crippen LogP contribution in [0.4, 0.5) is 0 Å². The Morgan fingerprint density at radius 1 is 1.19 bits per heavy atom. The van der Waals surface area contributed by atoms with Crippen LogP contribution in [0.1, 0.15) is 24.8 Å². The van der Waals surface area contributed by atoms with Gasteiger partial charge in [0.05, 0.1) is 12.0 Å². The van der Waals surface area contributed by atoms with Crippen LogP contribution < -0.4 is 0 Å². The third-order valence-electron chi connectivity index (χ3n) is 5.80. The first kappa shape index (κ1) is 20.3. The Balaban J connectivity index is 1.72. The summed E-state index contributed by atoms with van der Waals surface area (Å²) in [6.07, 6.45) is 2.51. The maximum Gasteiger partial charge on any atom is 0.305 e. The van der Waals surface area contributed by atoms with Crippen molar-refractivity contribution in [2.75, 3.05) is 47.0 Å². The Morgan fingerprint density at radius 2 is 1.85 bits per heavy atom. The van der Waals surface area contributed by atoms with Gasteiger partial charge in [-0.3, -0.25) is 9.69 Å². The van der Waals surface area contributed by atoms with E-state index in [1.807, 2.05) is 0 Å². The third kappa shape index (κ3) is 4.34. The number of nitrogens with zero attached hydrogens (tertiary/aromatic N) is 2. The summed E-state index contributed by atoms with van der Waals surface area (Å²) in [5.41, 5.74) is 0.780. The van der Waals surface area contributed by atoms with Crippen LogP contribution in [0.15, 0.2) is 29.2 Å². The normalized spacial score (nSPS) is 21.3. The van der Waals surface area contributed by atoms with E-state index in [0.717, 1.165) is 24.9 Å². The van der Waals surface area contributed by atoms with Crippen LogP contribution in [0.3, 0.4) is 0 Å². The lowest BCUT2D eigenvalue weighted by molar-refractivity contribution is -0.140. The molecule has 0 N–H and O–H groups in total. The summed E-state index contributed by atoms with van der Waals surface area (Å²) in [6, 6.07) is 6.82. The van der Waals surface area contributed by atoms with E-state index in [2.05, 4.69) is 16.7 Å². The van der Waals surface area contributed by atoms with E-state index in [9.17, 15) is 13.2 Å². The Hall–Kier alpha value is -1.48. The van der Waals surface area contributed by atoms with Gasteiger partial charge in [-0.2, -0.15) is 4.31 Å². The second-order valence-electron chi connectivity index (χ2n) is 7.32. The van der Waals surface area contributed by atoms with Crippen molar-refractivity contribution in [1.82, 2.24) is 9.21 Å². The highest BCUT2D eigenvalue weighted by Gasteiger charge is 2.44. The summed E-state index contributed by atoms with van der Waals surface area (Å²) in [4.78, 5) is 13.8. The minimum Gasteiger partial charge on any atom is -0.469 e. The van der Waals surface area contributed by atoms with Gasteiger partial charge in [0.2, 0.25) is 10.0 Å². The molecule has 2 saturated heterocycles. The van der Waals surface area contributed by atoms with E-state index in [-0.39, 0.29) is 17.9 Å². The van der Waals surface area contributed by atoms with Crippen molar-refractivity contribution in [3.63, 3.8) is 0 Å². The summed E-state index contributed by atoms with van der Waals surface area (Å²) in [5.74, 6) is -0.272. The van der Waals surface area contributed by atoms with Crippen molar-refractivity contribution in [3.8, 4) is 0 Å². The van der Waals surface area contributed by atoms with E-state index >= 15 is 0 Å². The molecule has 1 aromatic rings. The summed E-state index contributed by atoms with van der Waals surface area (Å²) in [5, 5.41) is 0. The zero-order chi connectivity index (χ0) is 19.5. The third-order valence-corrected chi connectivity index (χ3v) is 7.65. The van der Waals surface area contributed by atoms with Gasteiger partial charge in [0.15, 0.2) is 0 Å². The molecular formula is C19H28N2O5S. The lowest BCUT2D eigenvalue weighted by Crippen LogP contribution is -2.63. The average molecular weight is 397 g/mol. The molecule has 0 saturated carbocycles. The standard InChI is InChI=1S/C19H28N2O5S/c1-20-11-12-21(15-19(20)9-13-26-14-10-19)27(23,24)17-6-3-16(4-7-17)5-8-18(22)25-2/h3-4,6-7H,5,8-15H2,1-2H3. The molecule has 2 heterocycles. The van der Waals surface area contributed by atoms with Gasteiger partial charge >= 0.3 is 5.97 Å². The largest absolute Gasteiger partial charge is 0.469 e. The predicted molar refractivity (Wildman–Crippen MR) is 101 cm³/mol. The molecule has 0 bridgehead atoms. The number of carbonyl (C=O) groups is 1. The molecule has 150 valence electrons. The summed E-state index contributed by atoms with van der Waals surface area (Å²) in [7, 11) is -0.104. The fourth-order valence-corrected chi connectivity index (χ4v) is 5.36. The number of piperazine rings is 1. The molecule has 8 heteroatoms. The second kappa shape index (κ2) is 8.26. The number of methoxy groups -OCH3 is 1. The molecule has 1 aromatic carbocycles. The lowest BCUT2D eigenvalue weighted by Gasteiger charge is -2.50. The molecular weight excluding hydrogens is 368 g/mol. The van der Waals surface area contributed by atoms with Gasteiger partial charge in [-0.15, -0.1) is 0 Å². The maximum atomic E-state index is 13.1. The summed E-state index contributed by atoms with van der Waals surface area (Å²) < 4.78 is 38.0. The number of esters is 1. The van der Waals surface area contributed by atoms with Gasteiger partial charge in [0, 0.05) is 44.8 Å². The van der Waals surface area contributed by atoms with E-state index in [0.29, 0.717) is 37.6 Å². The molecule has 0 aromatic heterocycles. The zero-order valence-corrected chi connectivity index (χ0v) is 16.8. The van der Waals surface area contributed by atoms with Crippen molar-refractivity contribution in [1.29, 1.82) is 0 Å². The number of hydrogen-bond acceptors (Lipinski definition) is 6. The first-order valence-corrected chi connectivity index (χ1v) is 10.8. The Bertz CT molecular complexity index is 757. The van der Waals surface area contributed by atoms with Crippen LogP contribution in [0.5, 0.6) is 0 Å². The molecule has 1 spiro atoms. The van der Waals surface area contributed by atoms with Gasteiger partial charge in [0.25, 0.3) is 0 Å². The minimum atomic E-state index is -3.54. The van der Waals surface area contributed by atoms with Crippen molar-refractivity contribution < 1.29 is 22.7 Å². The summed E-state index contributed by atoms with van der Waals surface area (Å²) in [6.45, 7) is 3.06. The zero-order valence-electron chi connectivity index (χ0n) is 16.0. The van der Waals surface area contributed by atoms with Crippen LogP contribution >= 0.6 is 0 Å². The lowest BCUT2D eigenvalue weighted by atomic mass is 9.87. The molecule has 3 rings (SSSR count). The molecule has 0 radical (unpaired) electrons. The second-order valence-corrected chi connectivity index (χ2v) is 9.25. The minimum absolute atomic E-state index is 0.135. The van der Waals surface area contributed by atoms with Gasteiger partial charge in [-0.05, 0) is 44.0 Å². The number of aryl methyl sites for hydroxylation is 1. The van der Waals surface area contributed by atoms with Crippen LogP contribution in [-0.4, -0.2) is 76.1 Å². The average Bonchev–Trinajstić information content (AvgIpc) is 2.69. The first-order chi connectivity index (χ1) is 12.9. The molecule has 7 nitrogen and oxygen atoms in total. The monoisotopic (exact) mass is 396 g/mol. The highest BCUT2D eigenvalue weighted by molar-refractivity contribution is 7.89. The highest BCUT2D eigenvalue weighted by atomic mass is 32.2. The van der Waals surface area contributed by atoms with Crippen molar-refractivity contribution >= 4 is 16.0 Å². The molecule has 0 atom stereocenters. The molecule has 0 aliphatic carbocycles. The molecule has 2 fully saturated rings. The molecule has 0 unspecified atom stereocenters. The van der Waals surface area contributed by atoms with Crippen LogP contribution in [0.25, 0.3) is 0 Å². The van der Waals surface area contributed by atoms with Crippen LogP contribution in [0.2, 0.25) is 0 Å². The smallest absolute Gasteiger partial charge is 0.305 e. The van der Waals surface area contributed by atoms with E-state index in [1.54, 1.807) is 28.6 Å². The van der Waals surface area contributed by atoms with Gasteiger partial charge in [-0.25, -0.2) is 8.42 Å². The maximum absolute atomic E-state index is 13.1. The van der Waals surface area contributed by atoms with Crippen molar-refractivity contribution in [2.24, 2.45) is 0 Å². The van der Waals surface area contributed by atoms with E-state index in [4.69, 9.17) is 4.74 Å². The van der Waals surface area contributed by atoms with Crippen molar-refractivity contribution in [2.45, 2.75) is 36.1 Å². The number of sulfonamides is 1. The van der Waals surface area contributed by atoms with Gasteiger partial charge in [-0.1, -0.05) is 12.1 Å². The van der Waals surface area contributed by atoms with E-state index in [1.165, 1.54) is 7.11 Å². The Kier molecular flexibility index (Phi) is 6.20. The van der Waals surface area contributed by atoms with Crippen molar-refractivity contribution in [3.05, 3.63) is 29.8 Å². The Morgan fingerprint density at radius 3 is 2.48 bits per heavy atom. The molecule has 2 aliphatic heterocycles. The highest BCUT2D eigenvalue weighted by Crippen LogP contribution is 2.33. The topological polar surface area (TPSA) is 76.2 Å². The number of hydrogen-bond donors (Lipinski definition) is 0. The fourth-order valence-electron chi connectivity index (χ4n) is 3.85. The molecule has 2 aliphatic rings. The SMILES string of the molecule is COC(=O)CCc1ccc(S(=O)(=O)N2CCN(C)C3(CCOCC3)C2)cc1. The fraction of sp³-hybridized carbons (Fsp3) is 0.632. The molecule has 0 amide bonds. The Labute approximate surface area is 161 Å². The number of likely N-dealkylation sites (N-methyl/N-ethyl adjacent to an activating group) is 1. The molecule has 27 heavy (non-hydrogen) atoms. The summed E-state index contributed by atoms with van der Waals surface area (Å²) >= 11 is 0. The predicted octanol–water partition coefficient (Wildman–Crippen LogP) is 1.28. The first-order valence-electron chi connectivity index (χ1n) is 9.32. The van der Waals surface area contributed by atoms with Gasteiger partial charge in [0.1, 0.15) is 0 Å². The number of rotatable bonds is 5. The van der Waals surface area contributed by atoms with Gasteiger partial charge < -0.3 is 9.47 Å². The van der Waals surface area contributed by atoms with Crippen LogP contribution in [-0.2, 0) is 30.7 Å². The number of ether oxygens (including phenoxy) is 2. The number of benzene rings is 1. The number of carbonyl (C=O) groups excluding carboxylic acids is 1.